The van der Waals surface area contributed by atoms with Crippen LogP contribution in [0.5, 0.6) is 0 Å². The predicted molar refractivity (Wildman–Crippen MR) is 79.4 cm³/mol. The Kier molecular flexibility index (Phi) is 2.70. The number of carbonyl (C=O) groups is 1. The Bertz CT molecular complexity index is 804. The molecule has 4 rings (SSSR count). The largest absolute Gasteiger partial charge is 0.321 e. The molecule has 0 saturated heterocycles. The first-order valence-electron chi connectivity index (χ1n) is 7.03. The van der Waals surface area contributed by atoms with Gasteiger partial charge in [0.15, 0.2) is 11.3 Å². The second kappa shape index (κ2) is 4.70. The van der Waals surface area contributed by atoms with Crippen molar-refractivity contribution in [2.75, 3.05) is 5.32 Å². The maximum absolute atomic E-state index is 12.3. The molecular formula is C16H14N4O. The van der Waals surface area contributed by atoms with Gasteiger partial charge in [-0.15, -0.1) is 0 Å². The fourth-order valence-corrected chi connectivity index (χ4v) is 2.79. The molecule has 0 spiro atoms. The minimum absolute atomic E-state index is 0.210. The molecule has 0 bridgehead atoms. The molecule has 104 valence electrons. The molecule has 1 aromatic carbocycles. The first-order valence-corrected chi connectivity index (χ1v) is 7.03. The molecule has 1 N–H and O–H groups in total. The summed E-state index contributed by atoms with van der Waals surface area (Å²) in [6.45, 7) is 0. The smallest absolute Gasteiger partial charge is 0.276 e. The minimum Gasteiger partial charge on any atom is -0.321 e. The van der Waals surface area contributed by atoms with E-state index in [0.717, 1.165) is 18.5 Å². The highest BCUT2D eigenvalue weighted by molar-refractivity contribution is 6.03. The third-order valence-electron chi connectivity index (χ3n) is 3.83. The van der Waals surface area contributed by atoms with Gasteiger partial charge in [-0.3, -0.25) is 4.79 Å². The topological polar surface area (TPSA) is 59.3 Å². The molecule has 1 aliphatic carbocycles. The summed E-state index contributed by atoms with van der Waals surface area (Å²) in [6, 6.07) is 9.58. The van der Waals surface area contributed by atoms with E-state index in [2.05, 4.69) is 27.5 Å². The van der Waals surface area contributed by atoms with Crippen molar-refractivity contribution in [1.29, 1.82) is 0 Å². The summed E-state index contributed by atoms with van der Waals surface area (Å²) < 4.78 is 1.59. The quantitative estimate of drug-likeness (QED) is 0.783. The Morgan fingerprint density at radius 2 is 2.10 bits per heavy atom. The van der Waals surface area contributed by atoms with Gasteiger partial charge in [0.1, 0.15) is 0 Å². The fraction of sp³-hybridized carbons (Fsp3) is 0.188. The molecule has 5 heteroatoms. The van der Waals surface area contributed by atoms with Crippen LogP contribution in [0.3, 0.4) is 0 Å². The predicted octanol–water partition coefficient (Wildman–Crippen LogP) is 2.47. The van der Waals surface area contributed by atoms with Gasteiger partial charge in [-0.2, -0.15) is 5.10 Å². The first-order chi connectivity index (χ1) is 10.3. The molecule has 1 amide bonds. The van der Waals surface area contributed by atoms with Gasteiger partial charge in [0.25, 0.3) is 5.91 Å². The third-order valence-corrected chi connectivity index (χ3v) is 3.83. The fourth-order valence-electron chi connectivity index (χ4n) is 2.79. The number of anilines is 1. The number of benzene rings is 1. The Labute approximate surface area is 121 Å². The second-order valence-electron chi connectivity index (χ2n) is 5.24. The van der Waals surface area contributed by atoms with Crippen LogP contribution in [0.1, 0.15) is 28.0 Å². The molecule has 5 nitrogen and oxygen atoms in total. The lowest BCUT2D eigenvalue weighted by Gasteiger charge is -2.05. The number of nitrogens with zero attached hydrogens (tertiary/aromatic N) is 3. The number of aromatic nitrogens is 3. The molecule has 0 aliphatic heterocycles. The number of amides is 1. The Hall–Kier alpha value is -2.69. The third kappa shape index (κ3) is 2.16. The van der Waals surface area contributed by atoms with Crippen molar-refractivity contribution in [2.24, 2.45) is 0 Å². The van der Waals surface area contributed by atoms with Crippen molar-refractivity contribution >= 4 is 17.2 Å². The van der Waals surface area contributed by atoms with Crippen molar-refractivity contribution < 1.29 is 4.79 Å². The van der Waals surface area contributed by atoms with Gasteiger partial charge >= 0.3 is 0 Å². The van der Waals surface area contributed by atoms with Crippen molar-refractivity contribution in [3.63, 3.8) is 0 Å². The van der Waals surface area contributed by atoms with Crippen LogP contribution in [0.4, 0.5) is 5.69 Å². The van der Waals surface area contributed by atoms with E-state index in [1.165, 1.54) is 17.5 Å². The number of fused-ring (bicyclic) bond motifs is 2. The van der Waals surface area contributed by atoms with Gasteiger partial charge in [0.05, 0.1) is 0 Å². The van der Waals surface area contributed by atoms with E-state index in [9.17, 15) is 4.79 Å². The lowest BCUT2D eigenvalue weighted by atomic mass is 10.1. The number of aryl methyl sites for hydroxylation is 2. The number of rotatable bonds is 2. The van der Waals surface area contributed by atoms with Crippen LogP contribution >= 0.6 is 0 Å². The number of hydrogen-bond acceptors (Lipinski definition) is 3. The van der Waals surface area contributed by atoms with Gasteiger partial charge in [-0.25, -0.2) is 9.50 Å². The van der Waals surface area contributed by atoms with E-state index in [1.54, 1.807) is 29.0 Å². The zero-order valence-corrected chi connectivity index (χ0v) is 11.4. The van der Waals surface area contributed by atoms with Crippen molar-refractivity contribution in [3.8, 4) is 0 Å². The molecular weight excluding hydrogens is 264 g/mol. The highest BCUT2D eigenvalue weighted by Gasteiger charge is 2.14. The molecule has 0 atom stereocenters. The highest BCUT2D eigenvalue weighted by atomic mass is 16.1. The van der Waals surface area contributed by atoms with Gasteiger partial charge in [0.2, 0.25) is 0 Å². The molecule has 0 fully saturated rings. The van der Waals surface area contributed by atoms with Crippen molar-refractivity contribution in [1.82, 2.24) is 14.6 Å². The van der Waals surface area contributed by atoms with Gasteiger partial charge < -0.3 is 5.32 Å². The Morgan fingerprint density at radius 3 is 3.00 bits per heavy atom. The van der Waals surface area contributed by atoms with Crippen LogP contribution in [0.2, 0.25) is 0 Å². The monoisotopic (exact) mass is 278 g/mol. The Balaban J connectivity index is 1.60. The number of hydrogen-bond donors (Lipinski definition) is 1. The van der Waals surface area contributed by atoms with Crippen LogP contribution < -0.4 is 5.32 Å². The summed E-state index contributed by atoms with van der Waals surface area (Å²) in [4.78, 5) is 16.4. The summed E-state index contributed by atoms with van der Waals surface area (Å²) in [5.41, 5.74) is 4.59. The van der Waals surface area contributed by atoms with Crippen LogP contribution in [0.15, 0.2) is 42.7 Å². The van der Waals surface area contributed by atoms with E-state index in [0.29, 0.717) is 11.3 Å². The SMILES string of the molecule is O=C(Nc1ccc2c(c1)CCC2)c1cc2ncccn2n1. The number of carbonyl (C=O) groups excluding carboxylic acids is 1. The van der Waals surface area contributed by atoms with Crippen LogP contribution in [0.25, 0.3) is 5.65 Å². The molecule has 1 aliphatic rings. The second-order valence-corrected chi connectivity index (χ2v) is 5.24. The highest BCUT2D eigenvalue weighted by Crippen LogP contribution is 2.25. The summed E-state index contributed by atoms with van der Waals surface area (Å²) >= 11 is 0. The Morgan fingerprint density at radius 1 is 1.19 bits per heavy atom. The van der Waals surface area contributed by atoms with E-state index < -0.39 is 0 Å². The lowest BCUT2D eigenvalue weighted by Crippen LogP contribution is -2.12. The van der Waals surface area contributed by atoms with Crippen LogP contribution in [-0.2, 0) is 12.8 Å². The maximum atomic E-state index is 12.3. The summed E-state index contributed by atoms with van der Waals surface area (Å²) in [5.74, 6) is -0.210. The average molecular weight is 278 g/mol. The normalized spacial score (nSPS) is 13.3. The minimum atomic E-state index is -0.210. The van der Waals surface area contributed by atoms with E-state index in [4.69, 9.17) is 0 Å². The van der Waals surface area contributed by atoms with Crippen LogP contribution in [0, 0.1) is 0 Å². The lowest BCUT2D eigenvalue weighted by molar-refractivity contribution is 0.102. The van der Waals surface area contributed by atoms with Crippen LogP contribution in [-0.4, -0.2) is 20.5 Å². The van der Waals surface area contributed by atoms with E-state index in [-0.39, 0.29) is 5.91 Å². The van der Waals surface area contributed by atoms with Gasteiger partial charge in [-0.05, 0) is 48.6 Å². The number of nitrogens with one attached hydrogen (secondary N) is 1. The summed E-state index contributed by atoms with van der Waals surface area (Å²) in [6.07, 6.45) is 6.89. The van der Waals surface area contributed by atoms with Gasteiger partial charge in [-0.1, -0.05) is 6.07 Å². The zero-order chi connectivity index (χ0) is 14.2. The first kappa shape index (κ1) is 12.1. The molecule has 0 unspecified atom stereocenters. The molecule has 3 aromatic rings. The van der Waals surface area contributed by atoms with E-state index >= 15 is 0 Å². The van der Waals surface area contributed by atoms with Crippen molar-refractivity contribution in [3.05, 3.63) is 59.5 Å². The molecule has 21 heavy (non-hydrogen) atoms. The maximum Gasteiger partial charge on any atom is 0.276 e. The summed E-state index contributed by atoms with van der Waals surface area (Å²) in [5, 5.41) is 7.13. The summed E-state index contributed by atoms with van der Waals surface area (Å²) in [7, 11) is 0. The standard InChI is InChI=1S/C16H14N4O/c21-16(14-10-15-17-7-2-8-20(15)19-14)18-13-6-5-11-3-1-4-12(11)9-13/h2,5-10H,1,3-4H2,(H,18,21). The average Bonchev–Trinajstić information content (AvgIpc) is 3.13. The molecule has 0 radical (unpaired) electrons. The zero-order valence-electron chi connectivity index (χ0n) is 11.4. The van der Waals surface area contributed by atoms with E-state index in [1.807, 2.05) is 6.07 Å². The van der Waals surface area contributed by atoms with Crippen molar-refractivity contribution in [2.45, 2.75) is 19.3 Å². The van der Waals surface area contributed by atoms with Gasteiger partial charge in [0, 0.05) is 24.1 Å². The molecule has 2 aromatic heterocycles. The molecule has 0 saturated carbocycles. The molecule has 2 heterocycles.